The first-order valence-corrected chi connectivity index (χ1v) is 7.84. The Balaban J connectivity index is 2.54. The van der Waals surface area contributed by atoms with Crippen molar-refractivity contribution < 1.29 is 0 Å². The first-order valence-electron chi connectivity index (χ1n) is 7.84. The van der Waals surface area contributed by atoms with Gasteiger partial charge in [-0.2, -0.15) is 4.98 Å². The normalized spacial score (nSPS) is 11.2. The van der Waals surface area contributed by atoms with Crippen molar-refractivity contribution in [2.45, 2.75) is 53.5 Å². The maximum Gasteiger partial charge on any atom is 0.257 e. The number of aryl methyl sites for hydroxylation is 2. The van der Waals surface area contributed by atoms with Gasteiger partial charge in [0.05, 0.1) is 0 Å². The molecule has 116 valence electrons. The molecule has 0 aliphatic carbocycles. The van der Waals surface area contributed by atoms with Gasteiger partial charge >= 0.3 is 0 Å². The van der Waals surface area contributed by atoms with Crippen molar-refractivity contribution in [3.05, 3.63) is 22.1 Å². The Labute approximate surface area is 125 Å². The lowest BCUT2D eigenvalue weighted by Crippen LogP contribution is -2.26. The van der Waals surface area contributed by atoms with Crippen LogP contribution in [0.2, 0.25) is 0 Å². The molecule has 21 heavy (non-hydrogen) atoms. The molecular weight excluding hydrogens is 266 g/mol. The summed E-state index contributed by atoms with van der Waals surface area (Å²) in [5, 5.41) is 4.57. The van der Waals surface area contributed by atoms with Gasteiger partial charge in [-0.25, -0.2) is 4.52 Å². The van der Waals surface area contributed by atoms with E-state index in [0.717, 1.165) is 32.4 Å². The molecule has 0 unspecified atom stereocenters. The summed E-state index contributed by atoms with van der Waals surface area (Å²) in [6.45, 7) is 10.7. The molecule has 0 fully saturated rings. The zero-order valence-corrected chi connectivity index (χ0v) is 13.5. The average Bonchev–Trinajstić information content (AvgIpc) is 2.87. The summed E-state index contributed by atoms with van der Waals surface area (Å²) >= 11 is 0. The molecule has 0 saturated carbocycles. The van der Waals surface area contributed by atoms with E-state index in [1.807, 2.05) is 6.92 Å². The lowest BCUT2D eigenvalue weighted by Gasteiger charge is -2.18. The van der Waals surface area contributed by atoms with Crippen molar-refractivity contribution in [1.82, 2.24) is 19.2 Å². The fraction of sp³-hybridized carbons (Fsp3) is 0.667. The van der Waals surface area contributed by atoms with Crippen molar-refractivity contribution in [1.29, 1.82) is 0 Å². The van der Waals surface area contributed by atoms with E-state index in [2.05, 4.69) is 35.8 Å². The Hall–Kier alpha value is -1.85. The van der Waals surface area contributed by atoms with Crippen LogP contribution in [0.1, 0.15) is 45.6 Å². The van der Waals surface area contributed by atoms with E-state index in [1.54, 1.807) is 15.3 Å². The Kier molecular flexibility index (Phi) is 4.98. The topological polar surface area (TPSA) is 55.4 Å². The van der Waals surface area contributed by atoms with Crippen LogP contribution in [0, 0.1) is 6.92 Å². The van der Waals surface area contributed by atoms with E-state index in [1.165, 1.54) is 0 Å². The summed E-state index contributed by atoms with van der Waals surface area (Å²) in [6.07, 6.45) is 4.78. The maximum atomic E-state index is 12.3. The second-order valence-corrected chi connectivity index (χ2v) is 5.41. The zero-order valence-electron chi connectivity index (χ0n) is 13.5. The van der Waals surface area contributed by atoms with E-state index < -0.39 is 0 Å². The van der Waals surface area contributed by atoms with Gasteiger partial charge in [-0.15, -0.1) is 5.10 Å². The van der Waals surface area contributed by atoms with Crippen LogP contribution >= 0.6 is 0 Å². The Morgan fingerprint density at radius 3 is 2.38 bits per heavy atom. The van der Waals surface area contributed by atoms with Crippen LogP contribution in [0.3, 0.4) is 0 Å². The third-order valence-corrected chi connectivity index (χ3v) is 3.46. The molecular formula is C15H25N5O. The van der Waals surface area contributed by atoms with Gasteiger partial charge in [0.1, 0.15) is 0 Å². The second-order valence-electron chi connectivity index (χ2n) is 5.41. The summed E-state index contributed by atoms with van der Waals surface area (Å²) in [5.74, 6) is 1.35. The second kappa shape index (κ2) is 6.74. The van der Waals surface area contributed by atoms with Crippen molar-refractivity contribution in [3.63, 3.8) is 0 Å². The minimum absolute atomic E-state index is 0.0285. The fourth-order valence-electron chi connectivity index (χ4n) is 2.53. The molecule has 2 aromatic rings. The molecule has 0 aliphatic rings. The highest BCUT2D eigenvalue weighted by Crippen LogP contribution is 2.12. The highest BCUT2D eigenvalue weighted by atomic mass is 16.1. The first kappa shape index (κ1) is 15.5. The molecule has 2 rings (SSSR count). The maximum absolute atomic E-state index is 12.3. The van der Waals surface area contributed by atoms with E-state index in [9.17, 15) is 4.79 Å². The highest BCUT2D eigenvalue weighted by Gasteiger charge is 2.15. The van der Waals surface area contributed by atoms with Crippen LogP contribution in [0.15, 0.2) is 11.0 Å². The predicted molar refractivity (Wildman–Crippen MR) is 85.1 cm³/mol. The van der Waals surface area contributed by atoms with E-state index in [0.29, 0.717) is 23.8 Å². The van der Waals surface area contributed by atoms with Crippen LogP contribution < -0.4 is 10.5 Å². The summed E-state index contributed by atoms with van der Waals surface area (Å²) in [4.78, 5) is 19.1. The van der Waals surface area contributed by atoms with E-state index in [4.69, 9.17) is 0 Å². The first-order chi connectivity index (χ1) is 10.1. The molecule has 0 aromatic carbocycles. The molecule has 0 spiro atoms. The summed E-state index contributed by atoms with van der Waals surface area (Å²) < 4.78 is 3.46. The third-order valence-electron chi connectivity index (χ3n) is 3.46. The van der Waals surface area contributed by atoms with Crippen molar-refractivity contribution in [3.8, 4) is 0 Å². The van der Waals surface area contributed by atoms with Crippen LogP contribution in [0.4, 0.5) is 5.95 Å². The molecule has 0 N–H and O–H groups in total. The lowest BCUT2D eigenvalue weighted by atomic mass is 10.3. The molecule has 6 heteroatoms. The van der Waals surface area contributed by atoms with Crippen molar-refractivity contribution in [2.75, 3.05) is 18.0 Å². The molecule has 0 amide bonds. The van der Waals surface area contributed by atoms with Gasteiger partial charge in [-0.1, -0.05) is 20.8 Å². The van der Waals surface area contributed by atoms with E-state index >= 15 is 0 Å². The number of fused-ring (bicyclic) bond motifs is 1. The lowest BCUT2D eigenvalue weighted by molar-refractivity contribution is 0.646. The minimum atomic E-state index is 0.0285. The minimum Gasteiger partial charge on any atom is -0.340 e. The summed E-state index contributed by atoms with van der Waals surface area (Å²) in [6, 6.07) is 0. The van der Waals surface area contributed by atoms with Crippen molar-refractivity contribution >= 4 is 11.7 Å². The summed E-state index contributed by atoms with van der Waals surface area (Å²) in [5.41, 5.74) is 0.728. The smallest absolute Gasteiger partial charge is 0.257 e. The van der Waals surface area contributed by atoms with Crippen LogP contribution in [0.5, 0.6) is 0 Å². The largest absolute Gasteiger partial charge is 0.340 e. The number of aromatic nitrogens is 4. The average molecular weight is 291 g/mol. The van der Waals surface area contributed by atoms with Gasteiger partial charge in [0.2, 0.25) is 11.7 Å². The monoisotopic (exact) mass is 291 g/mol. The Morgan fingerprint density at radius 2 is 1.81 bits per heavy atom. The SMILES string of the molecule is CCCN(CCC)c1nc2n(CCC)c(=O)c(C)cn2n1. The molecule has 6 nitrogen and oxygen atoms in total. The number of nitrogens with zero attached hydrogens (tertiary/aromatic N) is 5. The van der Waals surface area contributed by atoms with Gasteiger partial charge < -0.3 is 4.90 Å². The van der Waals surface area contributed by atoms with Gasteiger partial charge in [-0.05, 0) is 26.2 Å². The number of hydrogen-bond acceptors (Lipinski definition) is 4. The molecule has 0 bridgehead atoms. The number of rotatable bonds is 7. The molecule has 2 aromatic heterocycles. The molecule has 0 radical (unpaired) electrons. The van der Waals surface area contributed by atoms with Crippen molar-refractivity contribution in [2.24, 2.45) is 0 Å². The molecule has 0 saturated heterocycles. The van der Waals surface area contributed by atoms with Crippen LogP contribution in [-0.4, -0.2) is 32.3 Å². The Morgan fingerprint density at radius 1 is 1.14 bits per heavy atom. The van der Waals surface area contributed by atoms with Crippen LogP contribution in [-0.2, 0) is 6.54 Å². The molecule has 2 heterocycles. The summed E-state index contributed by atoms with van der Waals surface area (Å²) in [7, 11) is 0. The highest BCUT2D eigenvalue weighted by molar-refractivity contribution is 5.40. The Bertz CT molecular complexity index is 652. The van der Waals surface area contributed by atoms with Gasteiger partial charge in [-0.3, -0.25) is 9.36 Å². The van der Waals surface area contributed by atoms with Gasteiger partial charge in [0, 0.05) is 31.4 Å². The third kappa shape index (κ3) is 3.09. The molecule has 0 atom stereocenters. The van der Waals surface area contributed by atoms with Gasteiger partial charge in [0.25, 0.3) is 5.56 Å². The van der Waals surface area contributed by atoms with E-state index in [-0.39, 0.29) is 5.56 Å². The molecule has 0 aliphatic heterocycles. The van der Waals surface area contributed by atoms with Crippen LogP contribution in [0.25, 0.3) is 5.78 Å². The zero-order chi connectivity index (χ0) is 15.4. The quantitative estimate of drug-likeness (QED) is 0.785. The predicted octanol–water partition coefficient (Wildman–Crippen LogP) is 2.24. The van der Waals surface area contributed by atoms with Gasteiger partial charge in [0.15, 0.2) is 0 Å². The standard InChI is InChI=1S/C15H25N5O/c1-5-8-18(9-6-2)14-16-15-19(10-7-3)13(21)12(4)11-20(15)17-14/h11H,5-10H2,1-4H3. The fourth-order valence-corrected chi connectivity index (χ4v) is 2.53. The number of anilines is 1. The number of hydrogen-bond donors (Lipinski definition) is 0.